The average molecular weight is 454 g/mol. The van der Waals surface area contributed by atoms with E-state index in [1.165, 1.54) is 0 Å². The fraction of sp³-hybridized carbons (Fsp3) is 0.280. The molecule has 1 aliphatic rings. The smallest absolute Gasteiger partial charge is 0.163 e. The van der Waals surface area contributed by atoms with Gasteiger partial charge in [0.2, 0.25) is 0 Å². The summed E-state index contributed by atoms with van der Waals surface area (Å²) in [5.41, 5.74) is 4.67. The van der Waals surface area contributed by atoms with Crippen molar-refractivity contribution in [1.82, 2.24) is 4.98 Å². The molecule has 0 saturated carbocycles. The SMILES string of the molecule is Cc1ncccc1-c1cc(C(=O)CC2(C)CCS(=O)(=O)C2)cc(-c2ccc(Cl)cc2)c1. The summed E-state index contributed by atoms with van der Waals surface area (Å²) in [4.78, 5) is 17.7. The van der Waals surface area contributed by atoms with Gasteiger partial charge in [-0.15, -0.1) is 0 Å². The third kappa shape index (κ3) is 4.89. The van der Waals surface area contributed by atoms with Crippen LogP contribution in [0.4, 0.5) is 0 Å². The minimum Gasteiger partial charge on any atom is -0.294 e. The second kappa shape index (κ2) is 8.21. The second-order valence-corrected chi connectivity index (χ2v) is 11.3. The number of aryl methyl sites for hydroxylation is 1. The van der Waals surface area contributed by atoms with Gasteiger partial charge in [0, 0.05) is 34.5 Å². The number of halogens is 1. The minimum absolute atomic E-state index is 0.0433. The topological polar surface area (TPSA) is 64.1 Å². The highest BCUT2D eigenvalue weighted by Gasteiger charge is 2.39. The van der Waals surface area contributed by atoms with Gasteiger partial charge in [-0.1, -0.05) is 36.7 Å². The Morgan fingerprint density at radius 3 is 2.42 bits per heavy atom. The van der Waals surface area contributed by atoms with Crippen molar-refractivity contribution in [3.63, 3.8) is 0 Å². The molecule has 0 amide bonds. The van der Waals surface area contributed by atoms with Crippen LogP contribution in [0.5, 0.6) is 0 Å². The van der Waals surface area contributed by atoms with Crippen LogP contribution >= 0.6 is 11.6 Å². The summed E-state index contributed by atoms with van der Waals surface area (Å²) >= 11 is 6.05. The first-order valence-corrected chi connectivity index (χ1v) is 12.4. The third-order valence-corrected chi connectivity index (χ3v) is 8.14. The monoisotopic (exact) mass is 453 g/mol. The summed E-state index contributed by atoms with van der Waals surface area (Å²) in [5.74, 6) is 0.178. The molecule has 0 radical (unpaired) electrons. The van der Waals surface area contributed by atoms with Gasteiger partial charge in [-0.05, 0) is 71.8 Å². The van der Waals surface area contributed by atoms with E-state index in [0.717, 1.165) is 27.9 Å². The number of ketones is 1. The van der Waals surface area contributed by atoms with Crippen molar-refractivity contribution in [3.8, 4) is 22.3 Å². The van der Waals surface area contributed by atoms with Gasteiger partial charge < -0.3 is 0 Å². The number of carbonyl (C=O) groups is 1. The lowest BCUT2D eigenvalue weighted by molar-refractivity contribution is 0.0934. The molecule has 4 rings (SSSR count). The Morgan fingerprint density at radius 2 is 1.77 bits per heavy atom. The largest absolute Gasteiger partial charge is 0.294 e. The van der Waals surface area contributed by atoms with E-state index >= 15 is 0 Å². The van der Waals surface area contributed by atoms with Crippen LogP contribution in [0.25, 0.3) is 22.3 Å². The standard InChI is InChI=1S/C25H24ClNO3S/c1-17-23(4-3-10-27-17)20-12-19(18-5-7-22(26)8-6-18)13-21(14-20)24(28)15-25(2)9-11-31(29,30)16-25/h3-8,10,12-14H,9,11,15-16H2,1-2H3. The highest BCUT2D eigenvalue weighted by molar-refractivity contribution is 7.91. The number of sulfone groups is 1. The summed E-state index contributed by atoms with van der Waals surface area (Å²) in [7, 11) is -3.07. The fourth-order valence-corrected chi connectivity index (χ4v) is 6.63. The van der Waals surface area contributed by atoms with Crippen LogP contribution in [-0.2, 0) is 9.84 Å². The Kier molecular flexibility index (Phi) is 5.75. The summed E-state index contributed by atoms with van der Waals surface area (Å²) in [5, 5.41) is 0.648. The van der Waals surface area contributed by atoms with Crippen molar-refractivity contribution in [3.05, 3.63) is 77.1 Å². The first-order chi connectivity index (χ1) is 14.6. The number of nitrogens with zero attached hydrogens (tertiary/aromatic N) is 1. The van der Waals surface area contributed by atoms with Crippen molar-refractivity contribution in [2.75, 3.05) is 11.5 Å². The van der Waals surface area contributed by atoms with Crippen molar-refractivity contribution in [2.45, 2.75) is 26.7 Å². The van der Waals surface area contributed by atoms with Gasteiger partial charge in [-0.3, -0.25) is 9.78 Å². The number of Topliss-reactive ketones (excluding diaryl/α,β-unsaturated/α-hetero) is 1. The van der Waals surface area contributed by atoms with Crippen LogP contribution in [0.3, 0.4) is 0 Å². The number of benzene rings is 2. The summed E-state index contributed by atoms with van der Waals surface area (Å²) in [6, 6.07) is 17.2. The number of hydrogen-bond acceptors (Lipinski definition) is 4. The van der Waals surface area contributed by atoms with Gasteiger partial charge in [0.15, 0.2) is 15.6 Å². The van der Waals surface area contributed by atoms with Gasteiger partial charge in [0.1, 0.15) is 0 Å². The highest BCUT2D eigenvalue weighted by Crippen LogP contribution is 2.37. The van der Waals surface area contributed by atoms with Crippen molar-refractivity contribution in [2.24, 2.45) is 5.41 Å². The summed E-state index contributed by atoms with van der Waals surface area (Å²) in [6.45, 7) is 3.83. The fourth-order valence-electron chi connectivity index (χ4n) is 4.25. The van der Waals surface area contributed by atoms with Gasteiger partial charge in [-0.25, -0.2) is 8.42 Å². The molecule has 6 heteroatoms. The normalized spacial score (nSPS) is 20.0. The van der Waals surface area contributed by atoms with E-state index in [1.54, 1.807) is 6.20 Å². The Labute approximate surface area is 188 Å². The van der Waals surface area contributed by atoms with E-state index in [-0.39, 0.29) is 23.7 Å². The molecule has 1 fully saturated rings. The Hall–Kier alpha value is -2.50. The van der Waals surface area contributed by atoms with E-state index in [0.29, 0.717) is 17.0 Å². The zero-order valence-corrected chi connectivity index (χ0v) is 19.1. The Balaban J connectivity index is 1.77. The Bertz CT molecular complexity index is 1250. The first kappa shape index (κ1) is 21.7. The molecule has 0 bridgehead atoms. The lowest BCUT2D eigenvalue weighted by Gasteiger charge is -2.21. The Morgan fingerprint density at radius 1 is 1.06 bits per heavy atom. The summed E-state index contributed by atoms with van der Waals surface area (Å²) in [6.07, 6.45) is 2.48. The number of rotatable bonds is 5. The first-order valence-electron chi connectivity index (χ1n) is 10.2. The van der Waals surface area contributed by atoms with Crippen LogP contribution in [-0.4, -0.2) is 30.7 Å². The molecule has 0 aliphatic carbocycles. The zero-order valence-electron chi connectivity index (χ0n) is 17.6. The maximum atomic E-state index is 13.3. The lowest BCUT2D eigenvalue weighted by Crippen LogP contribution is -2.22. The number of carbonyl (C=O) groups excluding carboxylic acids is 1. The van der Waals surface area contributed by atoms with Gasteiger partial charge in [0.05, 0.1) is 11.5 Å². The predicted molar refractivity (Wildman–Crippen MR) is 125 cm³/mol. The van der Waals surface area contributed by atoms with Crippen LogP contribution in [0.15, 0.2) is 60.8 Å². The quantitative estimate of drug-likeness (QED) is 0.459. The van der Waals surface area contributed by atoms with Gasteiger partial charge >= 0.3 is 0 Å². The van der Waals surface area contributed by atoms with E-state index in [4.69, 9.17) is 11.6 Å². The molecule has 0 N–H and O–H groups in total. The van der Waals surface area contributed by atoms with E-state index in [1.807, 2.05) is 68.4 Å². The number of hydrogen-bond donors (Lipinski definition) is 0. The van der Waals surface area contributed by atoms with Crippen LogP contribution in [0.1, 0.15) is 35.8 Å². The number of pyridine rings is 1. The third-order valence-electron chi connectivity index (χ3n) is 5.92. The maximum Gasteiger partial charge on any atom is 0.163 e. The van der Waals surface area contributed by atoms with E-state index < -0.39 is 15.3 Å². The molecule has 160 valence electrons. The molecule has 1 aromatic heterocycles. The molecule has 3 aromatic rings. The molecular formula is C25H24ClNO3S. The van der Waals surface area contributed by atoms with Crippen molar-refractivity contribution >= 4 is 27.2 Å². The van der Waals surface area contributed by atoms with Crippen molar-refractivity contribution < 1.29 is 13.2 Å². The average Bonchev–Trinajstić information content (AvgIpc) is 3.01. The van der Waals surface area contributed by atoms with Gasteiger partial charge in [-0.2, -0.15) is 0 Å². The molecule has 2 aromatic carbocycles. The van der Waals surface area contributed by atoms with Crippen LogP contribution in [0.2, 0.25) is 5.02 Å². The highest BCUT2D eigenvalue weighted by atomic mass is 35.5. The van der Waals surface area contributed by atoms with Gasteiger partial charge in [0.25, 0.3) is 0 Å². The molecule has 1 unspecified atom stereocenters. The molecule has 4 nitrogen and oxygen atoms in total. The maximum absolute atomic E-state index is 13.3. The number of aromatic nitrogens is 1. The minimum atomic E-state index is -3.07. The van der Waals surface area contributed by atoms with E-state index in [2.05, 4.69) is 4.98 Å². The lowest BCUT2D eigenvalue weighted by atomic mass is 9.82. The molecule has 1 atom stereocenters. The zero-order chi connectivity index (χ0) is 22.2. The van der Waals surface area contributed by atoms with Crippen molar-refractivity contribution in [1.29, 1.82) is 0 Å². The molecule has 0 spiro atoms. The second-order valence-electron chi connectivity index (χ2n) is 8.69. The molecule has 1 saturated heterocycles. The summed E-state index contributed by atoms with van der Waals surface area (Å²) < 4.78 is 24.0. The van der Waals surface area contributed by atoms with Crippen LogP contribution in [0, 0.1) is 12.3 Å². The van der Waals surface area contributed by atoms with E-state index in [9.17, 15) is 13.2 Å². The molecule has 2 heterocycles. The molecule has 1 aliphatic heterocycles. The molecular weight excluding hydrogens is 430 g/mol. The predicted octanol–water partition coefficient (Wildman–Crippen LogP) is 5.78. The molecule has 31 heavy (non-hydrogen) atoms. The van der Waals surface area contributed by atoms with Crippen LogP contribution < -0.4 is 0 Å².